The summed E-state index contributed by atoms with van der Waals surface area (Å²) in [4.78, 5) is 24.8. The molecule has 1 amide bonds. The van der Waals surface area contributed by atoms with Gasteiger partial charge in [0.25, 0.3) is 5.91 Å². The molecule has 0 bridgehead atoms. The summed E-state index contributed by atoms with van der Waals surface area (Å²) in [6, 6.07) is 20.4. The third-order valence-corrected chi connectivity index (χ3v) is 4.71. The number of carbonyl (C=O) groups excluding carboxylic acids is 1. The SMILES string of the molecule is O=C(Nc1ccc(I)cc1)c1cc2c(ccc3ccccc32)oc1=O. The van der Waals surface area contributed by atoms with E-state index in [9.17, 15) is 9.59 Å². The monoisotopic (exact) mass is 441 g/mol. The molecule has 5 heteroatoms. The van der Waals surface area contributed by atoms with E-state index in [0.29, 0.717) is 11.3 Å². The predicted molar refractivity (Wildman–Crippen MR) is 107 cm³/mol. The van der Waals surface area contributed by atoms with Crippen molar-refractivity contribution in [2.24, 2.45) is 0 Å². The summed E-state index contributed by atoms with van der Waals surface area (Å²) in [6.07, 6.45) is 0. The Labute approximate surface area is 156 Å². The summed E-state index contributed by atoms with van der Waals surface area (Å²) < 4.78 is 6.42. The molecular formula is C20H12INO3. The average Bonchev–Trinajstić information content (AvgIpc) is 2.62. The molecule has 4 nitrogen and oxygen atoms in total. The van der Waals surface area contributed by atoms with Crippen LogP contribution in [0.2, 0.25) is 0 Å². The Morgan fingerprint density at radius 1 is 0.920 bits per heavy atom. The zero-order chi connectivity index (χ0) is 17.4. The summed E-state index contributed by atoms with van der Waals surface area (Å²) in [5, 5.41) is 5.44. The van der Waals surface area contributed by atoms with Crippen LogP contribution in [0.25, 0.3) is 21.7 Å². The van der Waals surface area contributed by atoms with Crippen LogP contribution in [0.4, 0.5) is 5.69 Å². The Hall–Kier alpha value is -2.67. The zero-order valence-corrected chi connectivity index (χ0v) is 15.1. The largest absolute Gasteiger partial charge is 0.422 e. The fraction of sp³-hybridized carbons (Fsp3) is 0. The summed E-state index contributed by atoms with van der Waals surface area (Å²) in [5.74, 6) is -0.482. The average molecular weight is 441 g/mol. The van der Waals surface area contributed by atoms with Gasteiger partial charge in [-0.3, -0.25) is 4.79 Å². The Balaban J connectivity index is 1.82. The molecule has 1 aromatic heterocycles. The van der Waals surface area contributed by atoms with E-state index < -0.39 is 11.5 Å². The molecule has 0 unspecified atom stereocenters. The van der Waals surface area contributed by atoms with Gasteiger partial charge >= 0.3 is 5.63 Å². The molecule has 3 aromatic carbocycles. The minimum Gasteiger partial charge on any atom is -0.422 e. The lowest BCUT2D eigenvalue weighted by molar-refractivity contribution is 0.102. The first-order chi connectivity index (χ1) is 12.1. The zero-order valence-electron chi connectivity index (χ0n) is 13.0. The maximum Gasteiger partial charge on any atom is 0.349 e. The fourth-order valence-electron chi connectivity index (χ4n) is 2.76. The molecule has 0 spiro atoms. The molecule has 0 radical (unpaired) electrons. The summed E-state index contributed by atoms with van der Waals surface area (Å²) in [6.45, 7) is 0. The normalized spacial score (nSPS) is 10.9. The number of carbonyl (C=O) groups is 1. The molecule has 0 fully saturated rings. The van der Waals surface area contributed by atoms with Gasteiger partial charge < -0.3 is 9.73 Å². The molecule has 0 atom stereocenters. The van der Waals surface area contributed by atoms with Crippen LogP contribution in [-0.2, 0) is 0 Å². The van der Waals surface area contributed by atoms with Gasteiger partial charge in [-0.15, -0.1) is 0 Å². The summed E-state index contributed by atoms with van der Waals surface area (Å²) in [5.41, 5.74) is 0.436. The minimum absolute atomic E-state index is 0.0117. The third-order valence-electron chi connectivity index (χ3n) is 3.99. The fourth-order valence-corrected chi connectivity index (χ4v) is 3.12. The first-order valence-corrected chi connectivity index (χ1v) is 8.72. The third kappa shape index (κ3) is 3.02. The van der Waals surface area contributed by atoms with Crippen LogP contribution in [0.1, 0.15) is 10.4 Å². The molecule has 1 heterocycles. The second kappa shape index (κ2) is 6.33. The Bertz CT molecular complexity index is 1160. The molecule has 4 rings (SSSR count). The van der Waals surface area contributed by atoms with E-state index in [0.717, 1.165) is 19.7 Å². The minimum atomic E-state index is -0.647. The number of rotatable bonds is 2. The van der Waals surface area contributed by atoms with Crippen molar-refractivity contribution in [2.45, 2.75) is 0 Å². The highest BCUT2D eigenvalue weighted by atomic mass is 127. The highest BCUT2D eigenvalue weighted by molar-refractivity contribution is 14.1. The van der Waals surface area contributed by atoms with Crippen LogP contribution in [0.3, 0.4) is 0 Å². The van der Waals surface area contributed by atoms with Crippen molar-refractivity contribution in [3.8, 4) is 0 Å². The van der Waals surface area contributed by atoms with Crippen molar-refractivity contribution in [2.75, 3.05) is 5.32 Å². The molecular weight excluding hydrogens is 429 g/mol. The smallest absolute Gasteiger partial charge is 0.349 e. The van der Waals surface area contributed by atoms with Gasteiger partial charge in [-0.1, -0.05) is 30.3 Å². The van der Waals surface area contributed by atoms with E-state index in [4.69, 9.17) is 4.42 Å². The van der Waals surface area contributed by atoms with Crippen LogP contribution >= 0.6 is 22.6 Å². The number of halogens is 1. The number of benzene rings is 3. The number of amides is 1. The molecule has 122 valence electrons. The molecule has 0 aliphatic rings. The lowest BCUT2D eigenvalue weighted by Crippen LogP contribution is -2.20. The van der Waals surface area contributed by atoms with Gasteiger partial charge in [0.05, 0.1) is 0 Å². The van der Waals surface area contributed by atoms with Crippen LogP contribution in [0.15, 0.2) is 75.9 Å². The summed E-state index contributed by atoms with van der Waals surface area (Å²) >= 11 is 2.19. The van der Waals surface area contributed by atoms with Crippen molar-refractivity contribution in [1.82, 2.24) is 0 Å². The van der Waals surface area contributed by atoms with Crippen LogP contribution in [0, 0.1) is 3.57 Å². The van der Waals surface area contributed by atoms with Crippen molar-refractivity contribution >= 4 is 55.9 Å². The van der Waals surface area contributed by atoms with E-state index in [-0.39, 0.29) is 5.56 Å². The highest BCUT2D eigenvalue weighted by Gasteiger charge is 2.15. The molecule has 0 saturated heterocycles. The van der Waals surface area contributed by atoms with Gasteiger partial charge in [0.2, 0.25) is 0 Å². The van der Waals surface area contributed by atoms with Crippen LogP contribution in [-0.4, -0.2) is 5.91 Å². The molecule has 1 N–H and O–H groups in total. The molecule has 0 aliphatic heterocycles. The van der Waals surface area contributed by atoms with Crippen LogP contribution < -0.4 is 10.9 Å². The second-order valence-electron chi connectivity index (χ2n) is 5.61. The maximum absolute atomic E-state index is 12.5. The standard InChI is InChI=1S/C20H12INO3/c21-13-6-8-14(9-7-13)22-19(23)17-11-16-15-4-2-1-3-12(15)5-10-18(16)25-20(17)24/h1-11H,(H,22,23). The van der Waals surface area contributed by atoms with Gasteiger partial charge in [0.1, 0.15) is 11.1 Å². The number of hydrogen-bond donors (Lipinski definition) is 1. The first kappa shape index (κ1) is 15.8. The molecule has 0 saturated carbocycles. The summed E-state index contributed by atoms with van der Waals surface area (Å²) in [7, 11) is 0. The number of hydrogen-bond acceptors (Lipinski definition) is 3. The Kier molecular flexibility index (Phi) is 4.01. The Morgan fingerprint density at radius 2 is 1.68 bits per heavy atom. The number of anilines is 1. The topological polar surface area (TPSA) is 59.3 Å². The van der Waals surface area contributed by atoms with Crippen molar-refractivity contribution in [1.29, 1.82) is 0 Å². The number of nitrogens with one attached hydrogen (secondary N) is 1. The predicted octanol–water partition coefficient (Wildman–Crippen LogP) is 4.80. The van der Waals surface area contributed by atoms with Gasteiger partial charge in [-0.2, -0.15) is 0 Å². The van der Waals surface area contributed by atoms with E-state index >= 15 is 0 Å². The highest BCUT2D eigenvalue weighted by Crippen LogP contribution is 2.25. The van der Waals surface area contributed by atoms with E-state index in [1.807, 2.05) is 42.5 Å². The molecule has 25 heavy (non-hydrogen) atoms. The lowest BCUT2D eigenvalue weighted by Gasteiger charge is -2.07. The van der Waals surface area contributed by atoms with Crippen molar-refractivity contribution in [3.63, 3.8) is 0 Å². The van der Waals surface area contributed by atoms with Crippen LogP contribution in [0.5, 0.6) is 0 Å². The van der Waals surface area contributed by atoms with Gasteiger partial charge in [-0.05, 0) is 69.8 Å². The van der Waals surface area contributed by atoms with Gasteiger partial charge in [0, 0.05) is 14.6 Å². The van der Waals surface area contributed by atoms with E-state index in [1.54, 1.807) is 24.3 Å². The van der Waals surface area contributed by atoms with Gasteiger partial charge in [0.15, 0.2) is 0 Å². The quantitative estimate of drug-likeness (QED) is 0.276. The lowest BCUT2D eigenvalue weighted by atomic mass is 10.0. The molecule has 4 aromatic rings. The number of fused-ring (bicyclic) bond motifs is 3. The first-order valence-electron chi connectivity index (χ1n) is 7.64. The Morgan fingerprint density at radius 3 is 2.48 bits per heavy atom. The van der Waals surface area contributed by atoms with Crippen molar-refractivity contribution < 1.29 is 9.21 Å². The maximum atomic E-state index is 12.5. The van der Waals surface area contributed by atoms with Gasteiger partial charge in [-0.25, -0.2) is 4.79 Å². The van der Waals surface area contributed by atoms with E-state index in [2.05, 4.69) is 27.9 Å². The second-order valence-corrected chi connectivity index (χ2v) is 6.85. The molecule has 0 aliphatic carbocycles. The van der Waals surface area contributed by atoms with Crippen molar-refractivity contribution in [3.05, 3.63) is 86.3 Å². The van der Waals surface area contributed by atoms with E-state index in [1.165, 1.54) is 0 Å².